The second kappa shape index (κ2) is 7.20. The van der Waals surface area contributed by atoms with Gasteiger partial charge in [0.25, 0.3) is 0 Å². The molecule has 0 bridgehead atoms. The Hall–Kier alpha value is -1.28. The van der Waals surface area contributed by atoms with Gasteiger partial charge < -0.3 is 9.84 Å². The molecule has 6 nitrogen and oxygen atoms in total. The number of ether oxygens (including phenoxy) is 1. The average molecular weight is 403 g/mol. The van der Waals surface area contributed by atoms with Gasteiger partial charge in [-0.15, -0.1) is 16.4 Å². The Kier molecular flexibility index (Phi) is 4.82. The lowest BCUT2D eigenvalue weighted by Gasteiger charge is -2.47. The van der Waals surface area contributed by atoms with E-state index < -0.39 is 0 Å². The fraction of sp³-hybridized carbons (Fsp3) is 0.714. The highest BCUT2D eigenvalue weighted by Crippen LogP contribution is 2.46. The van der Waals surface area contributed by atoms with Gasteiger partial charge >= 0.3 is 0 Å². The van der Waals surface area contributed by atoms with Crippen LogP contribution in [-0.2, 0) is 29.7 Å². The van der Waals surface area contributed by atoms with Gasteiger partial charge in [-0.25, -0.2) is 4.68 Å². The topological polar surface area (TPSA) is 63.4 Å². The summed E-state index contributed by atoms with van der Waals surface area (Å²) in [5.74, 6) is 0. The summed E-state index contributed by atoms with van der Waals surface area (Å²) in [5, 5.41) is 18.2. The van der Waals surface area contributed by atoms with Gasteiger partial charge in [-0.1, -0.05) is 12.1 Å². The first kappa shape index (κ1) is 18.7. The van der Waals surface area contributed by atoms with Crippen LogP contribution in [0.5, 0.6) is 0 Å². The van der Waals surface area contributed by atoms with E-state index in [4.69, 9.17) is 4.74 Å². The van der Waals surface area contributed by atoms with E-state index in [1.165, 1.54) is 10.4 Å². The zero-order chi connectivity index (χ0) is 19.3. The third kappa shape index (κ3) is 3.22. The van der Waals surface area contributed by atoms with E-state index >= 15 is 0 Å². The van der Waals surface area contributed by atoms with Crippen LogP contribution in [0.4, 0.5) is 0 Å². The SMILES string of the molecule is CCc1cc2c(s1)CCO[C@@]21CCN(Cc2cn(C3CC(O)C3)nn2)[C@@H](C)C1. The molecule has 152 valence electrons. The zero-order valence-electron chi connectivity index (χ0n) is 16.8. The molecule has 1 saturated carbocycles. The average Bonchev–Trinajstić information content (AvgIpc) is 3.29. The number of aryl methyl sites for hydroxylation is 1. The summed E-state index contributed by atoms with van der Waals surface area (Å²) < 4.78 is 8.39. The number of aliphatic hydroxyl groups is 1. The summed E-state index contributed by atoms with van der Waals surface area (Å²) in [4.78, 5) is 5.55. The lowest BCUT2D eigenvalue weighted by molar-refractivity contribution is -0.112. The molecule has 1 saturated heterocycles. The number of hydrogen-bond donors (Lipinski definition) is 1. The standard InChI is InChI=1S/C21H30N4O2S/c1-3-18-10-19-20(28-18)4-7-27-21(19)5-6-24(14(2)11-21)12-15-13-25(23-22-15)16-8-17(26)9-16/h10,13-14,16-17,26H,3-9,11-12H2,1-2H3/t14-,16?,17?,21+/m0/s1. The highest BCUT2D eigenvalue weighted by atomic mass is 32.1. The predicted octanol–water partition coefficient (Wildman–Crippen LogP) is 3.05. The second-order valence-corrected chi connectivity index (χ2v) is 9.96. The normalized spacial score (nSPS) is 33.0. The van der Waals surface area contributed by atoms with Crippen molar-refractivity contribution in [3.63, 3.8) is 0 Å². The Morgan fingerprint density at radius 2 is 2.25 bits per heavy atom. The summed E-state index contributed by atoms with van der Waals surface area (Å²) in [7, 11) is 0. The van der Waals surface area contributed by atoms with Crippen molar-refractivity contribution >= 4 is 11.3 Å². The van der Waals surface area contributed by atoms with Crippen LogP contribution >= 0.6 is 11.3 Å². The smallest absolute Gasteiger partial charge is 0.0969 e. The molecule has 1 aliphatic carbocycles. The van der Waals surface area contributed by atoms with Crippen molar-refractivity contribution < 1.29 is 9.84 Å². The van der Waals surface area contributed by atoms with E-state index in [9.17, 15) is 5.11 Å². The van der Waals surface area contributed by atoms with E-state index in [1.54, 1.807) is 4.88 Å². The van der Waals surface area contributed by atoms with Gasteiger partial charge in [0.1, 0.15) is 0 Å². The van der Waals surface area contributed by atoms with Crippen molar-refractivity contribution in [2.24, 2.45) is 0 Å². The van der Waals surface area contributed by atoms with E-state index in [0.29, 0.717) is 12.1 Å². The molecule has 2 aromatic rings. The third-order valence-corrected chi connectivity index (χ3v) is 8.18. The van der Waals surface area contributed by atoms with Gasteiger partial charge in [0.15, 0.2) is 0 Å². The van der Waals surface area contributed by atoms with Crippen LogP contribution in [-0.4, -0.2) is 50.3 Å². The highest BCUT2D eigenvalue weighted by Gasteiger charge is 2.44. The van der Waals surface area contributed by atoms with Crippen LogP contribution in [0.2, 0.25) is 0 Å². The van der Waals surface area contributed by atoms with Gasteiger partial charge in [-0.2, -0.15) is 0 Å². The molecule has 2 atom stereocenters. The maximum absolute atomic E-state index is 9.51. The minimum atomic E-state index is -0.165. The van der Waals surface area contributed by atoms with Gasteiger partial charge in [0, 0.05) is 35.3 Å². The number of aromatic nitrogens is 3. The van der Waals surface area contributed by atoms with Crippen molar-refractivity contribution in [2.75, 3.05) is 13.2 Å². The summed E-state index contributed by atoms with van der Waals surface area (Å²) in [6.07, 6.45) is 7.77. The number of likely N-dealkylation sites (tertiary alicyclic amines) is 1. The van der Waals surface area contributed by atoms with E-state index in [1.807, 2.05) is 16.0 Å². The molecule has 2 aliphatic heterocycles. The predicted molar refractivity (Wildman–Crippen MR) is 108 cm³/mol. The fourth-order valence-electron chi connectivity index (χ4n) is 5.06. The Morgan fingerprint density at radius 1 is 1.39 bits per heavy atom. The molecule has 1 N–H and O–H groups in total. The summed E-state index contributed by atoms with van der Waals surface area (Å²) in [5.41, 5.74) is 2.41. The Bertz CT molecular complexity index is 843. The molecule has 2 fully saturated rings. The molecule has 0 radical (unpaired) electrons. The van der Waals surface area contributed by atoms with Crippen LogP contribution in [0.15, 0.2) is 12.3 Å². The molecule has 2 aromatic heterocycles. The third-order valence-electron chi connectivity index (χ3n) is 6.84. The minimum absolute atomic E-state index is 0.0902. The fourth-order valence-corrected chi connectivity index (χ4v) is 6.24. The second-order valence-electron chi connectivity index (χ2n) is 8.74. The lowest BCUT2D eigenvalue weighted by atomic mass is 9.79. The van der Waals surface area contributed by atoms with Gasteiger partial charge in [-0.05, 0) is 50.7 Å². The van der Waals surface area contributed by atoms with Crippen LogP contribution in [0.25, 0.3) is 0 Å². The zero-order valence-corrected chi connectivity index (χ0v) is 17.6. The molecular weight excluding hydrogens is 372 g/mol. The van der Waals surface area contributed by atoms with Crippen LogP contribution in [0, 0.1) is 0 Å². The van der Waals surface area contributed by atoms with Gasteiger partial charge in [0.05, 0.1) is 36.2 Å². The van der Waals surface area contributed by atoms with E-state index in [2.05, 4.69) is 41.3 Å². The maximum Gasteiger partial charge on any atom is 0.0969 e. The van der Waals surface area contributed by atoms with E-state index in [-0.39, 0.29) is 11.7 Å². The Balaban J connectivity index is 1.27. The molecule has 3 aliphatic rings. The monoisotopic (exact) mass is 402 g/mol. The molecule has 1 spiro atoms. The van der Waals surface area contributed by atoms with Crippen molar-refractivity contribution in [3.05, 3.63) is 33.3 Å². The molecule has 0 aromatic carbocycles. The number of rotatable bonds is 4. The molecule has 0 unspecified atom stereocenters. The number of thiophene rings is 1. The van der Waals surface area contributed by atoms with Gasteiger partial charge in [0.2, 0.25) is 0 Å². The first-order valence-corrected chi connectivity index (χ1v) is 11.5. The number of piperidine rings is 1. The number of aliphatic hydroxyl groups excluding tert-OH is 1. The summed E-state index contributed by atoms with van der Waals surface area (Å²) in [6, 6.07) is 3.18. The number of hydrogen-bond acceptors (Lipinski definition) is 6. The maximum atomic E-state index is 9.51. The van der Waals surface area contributed by atoms with Crippen LogP contribution in [0.1, 0.15) is 66.6 Å². The molecule has 4 heterocycles. The first-order valence-electron chi connectivity index (χ1n) is 10.6. The molecule has 5 rings (SSSR count). The van der Waals surface area contributed by atoms with Gasteiger partial charge in [-0.3, -0.25) is 4.90 Å². The van der Waals surface area contributed by atoms with Crippen LogP contribution in [0.3, 0.4) is 0 Å². The summed E-state index contributed by atoms with van der Waals surface area (Å²) in [6.45, 7) is 7.27. The first-order chi connectivity index (χ1) is 13.6. The molecule has 7 heteroatoms. The molecule has 28 heavy (non-hydrogen) atoms. The van der Waals surface area contributed by atoms with Crippen molar-refractivity contribution in [1.82, 2.24) is 19.9 Å². The largest absolute Gasteiger partial charge is 0.393 e. The van der Waals surface area contributed by atoms with Crippen molar-refractivity contribution in [3.8, 4) is 0 Å². The quantitative estimate of drug-likeness (QED) is 0.852. The van der Waals surface area contributed by atoms with Crippen molar-refractivity contribution in [1.29, 1.82) is 0 Å². The molecular formula is C21H30N4O2S. The number of fused-ring (bicyclic) bond motifs is 2. The summed E-state index contributed by atoms with van der Waals surface area (Å²) >= 11 is 1.99. The lowest BCUT2D eigenvalue weighted by Crippen LogP contribution is -2.50. The minimum Gasteiger partial charge on any atom is -0.393 e. The Morgan fingerprint density at radius 3 is 3.00 bits per heavy atom. The Labute approximate surface area is 170 Å². The highest BCUT2D eigenvalue weighted by molar-refractivity contribution is 7.12. The van der Waals surface area contributed by atoms with Crippen LogP contribution < -0.4 is 0 Å². The molecule has 0 amide bonds. The number of nitrogens with zero attached hydrogens (tertiary/aromatic N) is 4. The van der Waals surface area contributed by atoms with E-state index in [0.717, 1.165) is 63.9 Å². The van der Waals surface area contributed by atoms with Crippen molar-refractivity contribution in [2.45, 2.75) is 82.7 Å².